The van der Waals surface area contributed by atoms with Crippen LogP contribution in [-0.2, 0) is 15.6 Å². The summed E-state index contributed by atoms with van der Waals surface area (Å²) in [6.07, 6.45) is 4.95. The highest BCUT2D eigenvalue weighted by Crippen LogP contribution is 2.42. The van der Waals surface area contributed by atoms with Crippen LogP contribution in [0.1, 0.15) is 65.2 Å². The Bertz CT molecular complexity index is 980. The van der Waals surface area contributed by atoms with Gasteiger partial charge in [-0.2, -0.15) is 0 Å². The molecule has 30 heavy (non-hydrogen) atoms. The molecule has 0 saturated carbocycles. The van der Waals surface area contributed by atoms with Crippen LogP contribution in [0.25, 0.3) is 17.2 Å². The molecule has 0 aromatic heterocycles. The van der Waals surface area contributed by atoms with Crippen LogP contribution in [0.3, 0.4) is 0 Å². The smallest absolute Gasteiger partial charge is 0.328 e. The van der Waals surface area contributed by atoms with E-state index in [1.807, 2.05) is 24.3 Å². The molecule has 0 bridgehead atoms. The molecule has 2 rings (SSSR count). The lowest BCUT2D eigenvalue weighted by Crippen LogP contribution is -2.18. The second-order valence-corrected chi connectivity index (χ2v) is 9.79. The number of carboxylic acid groups (broad SMARTS) is 1. The van der Waals surface area contributed by atoms with Crippen LogP contribution in [0.5, 0.6) is 5.75 Å². The highest BCUT2D eigenvalue weighted by molar-refractivity contribution is 5.81. The van der Waals surface area contributed by atoms with Gasteiger partial charge in [-0.25, -0.2) is 4.79 Å². The molecule has 0 spiro atoms. The summed E-state index contributed by atoms with van der Waals surface area (Å²) in [6, 6.07) is 12.7. The van der Waals surface area contributed by atoms with Crippen molar-refractivity contribution in [1.29, 1.82) is 0 Å². The van der Waals surface area contributed by atoms with Crippen molar-refractivity contribution < 1.29 is 14.6 Å². The zero-order valence-corrected chi connectivity index (χ0v) is 19.5. The van der Waals surface area contributed by atoms with E-state index in [0.717, 1.165) is 22.4 Å². The standard InChI is InChI=1S/C27H34O3/c1-18(14-24(28)29)12-13-19-10-9-11-20(15-19)22-16-21(26(2,3)4)17-23(25(22)30-8)27(5,6)7/h9-17H,1-8H3,(H,28,29). The highest BCUT2D eigenvalue weighted by atomic mass is 16.5. The average molecular weight is 407 g/mol. The molecular formula is C27H34O3. The number of benzene rings is 2. The summed E-state index contributed by atoms with van der Waals surface area (Å²) in [6.45, 7) is 15.1. The quantitative estimate of drug-likeness (QED) is 0.429. The lowest BCUT2D eigenvalue weighted by atomic mass is 9.78. The number of aliphatic carboxylic acids is 1. The van der Waals surface area contributed by atoms with E-state index in [2.05, 4.69) is 65.8 Å². The van der Waals surface area contributed by atoms with Gasteiger partial charge in [0.15, 0.2) is 0 Å². The Morgan fingerprint density at radius 3 is 2.20 bits per heavy atom. The van der Waals surface area contributed by atoms with Gasteiger partial charge in [0.2, 0.25) is 0 Å². The van der Waals surface area contributed by atoms with Crippen molar-refractivity contribution in [3.63, 3.8) is 0 Å². The maximum atomic E-state index is 10.8. The Morgan fingerprint density at radius 2 is 1.67 bits per heavy atom. The van der Waals surface area contributed by atoms with Crippen LogP contribution < -0.4 is 4.74 Å². The first-order valence-corrected chi connectivity index (χ1v) is 10.3. The monoisotopic (exact) mass is 406 g/mol. The summed E-state index contributed by atoms with van der Waals surface area (Å²) in [4.78, 5) is 10.8. The number of methoxy groups -OCH3 is 1. The van der Waals surface area contributed by atoms with Crippen molar-refractivity contribution in [1.82, 2.24) is 0 Å². The van der Waals surface area contributed by atoms with Crippen LogP contribution in [0.4, 0.5) is 0 Å². The molecule has 160 valence electrons. The molecule has 2 aromatic rings. The molecule has 0 aliphatic rings. The third-order valence-electron chi connectivity index (χ3n) is 5.05. The molecule has 3 nitrogen and oxygen atoms in total. The van der Waals surface area contributed by atoms with E-state index in [4.69, 9.17) is 9.84 Å². The van der Waals surface area contributed by atoms with Crippen molar-refractivity contribution >= 4 is 12.0 Å². The molecule has 0 atom stereocenters. The first-order chi connectivity index (χ1) is 13.8. The number of rotatable bonds is 5. The van der Waals surface area contributed by atoms with Gasteiger partial charge >= 0.3 is 5.97 Å². The second kappa shape index (κ2) is 8.91. The van der Waals surface area contributed by atoms with Gasteiger partial charge in [0.05, 0.1) is 7.11 Å². The molecule has 0 aliphatic heterocycles. The Morgan fingerprint density at radius 1 is 1.00 bits per heavy atom. The lowest BCUT2D eigenvalue weighted by Gasteiger charge is -2.29. The molecule has 0 amide bonds. The number of allylic oxidation sites excluding steroid dienone is 2. The Labute approximate surface area is 181 Å². The van der Waals surface area contributed by atoms with Crippen molar-refractivity contribution in [2.24, 2.45) is 0 Å². The first kappa shape index (κ1) is 23.5. The van der Waals surface area contributed by atoms with Gasteiger partial charge in [0.25, 0.3) is 0 Å². The molecule has 3 heteroatoms. The number of ether oxygens (including phenoxy) is 1. The summed E-state index contributed by atoms with van der Waals surface area (Å²) in [7, 11) is 1.73. The summed E-state index contributed by atoms with van der Waals surface area (Å²) in [5, 5.41) is 8.89. The minimum Gasteiger partial charge on any atom is -0.496 e. The van der Waals surface area contributed by atoms with E-state index in [0.29, 0.717) is 5.57 Å². The van der Waals surface area contributed by atoms with Crippen molar-refractivity contribution in [3.8, 4) is 16.9 Å². The fourth-order valence-electron chi connectivity index (χ4n) is 3.33. The second-order valence-electron chi connectivity index (χ2n) is 9.79. The predicted octanol–water partition coefficient (Wildman–Crippen LogP) is 7.00. The third kappa shape index (κ3) is 5.85. The zero-order valence-electron chi connectivity index (χ0n) is 19.5. The van der Waals surface area contributed by atoms with Crippen molar-refractivity contribution in [2.45, 2.75) is 59.3 Å². The van der Waals surface area contributed by atoms with Gasteiger partial charge in [0, 0.05) is 17.2 Å². The van der Waals surface area contributed by atoms with E-state index in [-0.39, 0.29) is 10.8 Å². The molecule has 0 heterocycles. The first-order valence-electron chi connectivity index (χ1n) is 10.3. The summed E-state index contributed by atoms with van der Waals surface area (Å²) >= 11 is 0. The van der Waals surface area contributed by atoms with Gasteiger partial charge in [-0.3, -0.25) is 0 Å². The molecule has 0 fully saturated rings. The van der Waals surface area contributed by atoms with Crippen LogP contribution in [0.15, 0.2) is 54.1 Å². The third-order valence-corrected chi connectivity index (χ3v) is 5.05. The average Bonchev–Trinajstić information content (AvgIpc) is 2.63. The highest BCUT2D eigenvalue weighted by Gasteiger charge is 2.26. The van der Waals surface area contributed by atoms with Crippen LogP contribution in [0, 0.1) is 0 Å². The SMILES string of the molecule is COc1c(-c2cccc(C=CC(C)=CC(=O)O)c2)cc(C(C)(C)C)cc1C(C)(C)C. The van der Waals surface area contributed by atoms with Gasteiger partial charge in [-0.05, 0) is 52.1 Å². The maximum Gasteiger partial charge on any atom is 0.328 e. The van der Waals surface area contributed by atoms with Crippen molar-refractivity contribution in [3.05, 3.63) is 70.8 Å². The van der Waals surface area contributed by atoms with E-state index < -0.39 is 5.97 Å². The molecule has 2 aromatic carbocycles. The minimum atomic E-state index is -0.940. The number of carboxylic acids is 1. The minimum absolute atomic E-state index is 0.0112. The summed E-state index contributed by atoms with van der Waals surface area (Å²) in [5.41, 5.74) is 6.25. The lowest BCUT2D eigenvalue weighted by molar-refractivity contribution is -0.131. The largest absolute Gasteiger partial charge is 0.496 e. The van der Waals surface area contributed by atoms with Gasteiger partial charge in [-0.1, -0.05) is 78.0 Å². The normalized spacial score (nSPS) is 13.0. The van der Waals surface area contributed by atoms with E-state index >= 15 is 0 Å². The number of hydrogen-bond acceptors (Lipinski definition) is 2. The molecule has 0 saturated heterocycles. The molecule has 1 N–H and O–H groups in total. The maximum absolute atomic E-state index is 10.8. The molecular weight excluding hydrogens is 372 g/mol. The Hall–Kier alpha value is -2.81. The molecule has 0 aliphatic carbocycles. The Kier molecular flexibility index (Phi) is 6.97. The zero-order chi connectivity index (χ0) is 22.7. The Balaban J connectivity index is 2.66. The van der Waals surface area contributed by atoms with Crippen molar-refractivity contribution in [2.75, 3.05) is 7.11 Å². The fourth-order valence-corrected chi connectivity index (χ4v) is 3.33. The fraction of sp³-hybridized carbons (Fsp3) is 0.370. The number of hydrogen-bond donors (Lipinski definition) is 1. The van der Waals surface area contributed by atoms with Crippen LogP contribution in [-0.4, -0.2) is 18.2 Å². The molecule has 0 radical (unpaired) electrons. The van der Waals surface area contributed by atoms with Crippen LogP contribution >= 0.6 is 0 Å². The summed E-state index contributed by atoms with van der Waals surface area (Å²) < 4.78 is 5.91. The summed E-state index contributed by atoms with van der Waals surface area (Å²) in [5.74, 6) is -0.0390. The van der Waals surface area contributed by atoms with E-state index in [1.54, 1.807) is 14.0 Å². The topological polar surface area (TPSA) is 46.5 Å². The predicted molar refractivity (Wildman–Crippen MR) is 126 cm³/mol. The van der Waals surface area contributed by atoms with E-state index in [9.17, 15) is 4.79 Å². The molecule has 0 unspecified atom stereocenters. The van der Waals surface area contributed by atoms with Gasteiger partial charge in [0.1, 0.15) is 5.75 Å². The van der Waals surface area contributed by atoms with Crippen LogP contribution in [0.2, 0.25) is 0 Å². The van der Waals surface area contributed by atoms with Gasteiger partial charge in [-0.15, -0.1) is 0 Å². The van der Waals surface area contributed by atoms with Gasteiger partial charge < -0.3 is 9.84 Å². The van der Waals surface area contributed by atoms with E-state index in [1.165, 1.54) is 17.2 Å². The number of carbonyl (C=O) groups is 1.